The molecule has 24 heavy (non-hydrogen) atoms. The summed E-state index contributed by atoms with van der Waals surface area (Å²) in [5.41, 5.74) is 1.15. The smallest absolute Gasteiger partial charge is 0.264 e. The number of benzene rings is 1. The molecule has 0 atom stereocenters. The Morgan fingerprint density at radius 1 is 1.29 bits per heavy atom. The Bertz CT molecular complexity index is 957. The van der Waals surface area contributed by atoms with E-state index in [0.717, 1.165) is 11.6 Å². The van der Waals surface area contributed by atoms with E-state index in [9.17, 15) is 12.8 Å². The molecule has 7 nitrogen and oxygen atoms in total. The van der Waals surface area contributed by atoms with Gasteiger partial charge in [-0.3, -0.25) is 4.98 Å². The first-order valence-electron chi connectivity index (χ1n) is 7.01. The van der Waals surface area contributed by atoms with Gasteiger partial charge in [0.05, 0.1) is 11.4 Å². The van der Waals surface area contributed by atoms with Crippen LogP contribution in [-0.2, 0) is 16.6 Å². The topological polar surface area (TPSA) is 89.8 Å². The van der Waals surface area contributed by atoms with Crippen molar-refractivity contribution in [1.29, 1.82) is 0 Å². The minimum atomic E-state index is -3.88. The highest BCUT2D eigenvalue weighted by Gasteiger charge is 2.17. The first-order valence-corrected chi connectivity index (χ1v) is 8.50. The molecule has 2 aromatic heterocycles. The number of hydrogen-bond acceptors (Lipinski definition) is 5. The number of aromatic nitrogens is 4. The van der Waals surface area contributed by atoms with Crippen LogP contribution < -0.4 is 4.72 Å². The molecule has 1 N–H and O–H groups in total. The van der Waals surface area contributed by atoms with Crippen molar-refractivity contribution in [1.82, 2.24) is 19.7 Å². The first-order chi connectivity index (χ1) is 11.4. The van der Waals surface area contributed by atoms with Crippen molar-refractivity contribution in [3.05, 3.63) is 66.0 Å². The zero-order valence-electron chi connectivity index (χ0n) is 12.7. The standard InChI is InChI=1S/C15H14FN5O2S/c1-11-7-13(4-5-14(11)16)24(22,23)20-15-18-10-21(19-15)9-12-3-2-6-17-8-12/h2-8,10H,9H2,1H3,(H,19,20). The van der Waals surface area contributed by atoms with Crippen molar-refractivity contribution < 1.29 is 12.8 Å². The van der Waals surface area contributed by atoms with Gasteiger partial charge < -0.3 is 0 Å². The van der Waals surface area contributed by atoms with Crippen LogP contribution in [0.5, 0.6) is 0 Å². The molecule has 1 aromatic carbocycles. The van der Waals surface area contributed by atoms with E-state index in [4.69, 9.17) is 0 Å². The Labute approximate surface area is 138 Å². The number of pyridine rings is 1. The fourth-order valence-electron chi connectivity index (χ4n) is 2.06. The molecule has 124 valence electrons. The van der Waals surface area contributed by atoms with Crippen LogP contribution in [0.2, 0.25) is 0 Å². The zero-order valence-corrected chi connectivity index (χ0v) is 13.5. The summed E-state index contributed by atoms with van der Waals surface area (Å²) in [5, 5.41) is 4.07. The third-order valence-electron chi connectivity index (χ3n) is 3.27. The number of nitrogens with one attached hydrogen (secondary N) is 1. The largest absolute Gasteiger partial charge is 0.264 e. The molecule has 3 aromatic rings. The van der Waals surface area contributed by atoms with Gasteiger partial charge in [0.25, 0.3) is 16.0 Å². The molecule has 0 aliphatic rings. The molecule has 2 heterocycles. The van der Waals surface area contributed by atoms with E-state index in [1.807, 2.05) is 6.07 Å². The molecular formula is C15H14FN5O2S. The molecule has 9 heteroatoms. The van der Waals surface area contributed by atoms with Gasteiger partial charge in [0.1, 0.15) is 12.1 Å². The number of aryl methyl sites for hydroxylation is 1. The predicted octanol–water partition coefficient (Wildman–Crippen LogP) is 1.97. The second-order valence-electron chi connectivity index (χ2n) is 5.14. The van der Waals surface area contributed by atoms with E-state index < -0.39 is 15.8 Å². The van der Waals surface area contributed by atoms with Crippen LogP contribution in [0.25, 0.3) is 0 Å². The molecule has 0 unspecified atom stereocenters. The molecule has 0 aliphatic carbocycles. The van der Waals surface area contributed by atoms with Crippen molar-refractivity contribution in [2.45, 2.75) is 18.4 Å². The maximum Gasteiger partial charge on any atom is 0.264 e. The average molecular weight is 347 g/mol. The van der Waals surface area contributed by atoms with Crippen molar-refractivity contribution in [3.8, 4) is 0 Å². The van der Waals surface area contributed by atoms with Crippen LogP contribution in [0.4, 0.5) is 10.3 Å². The average Bonchev–Trinajstić information content (AvgIpc) is 2.97. The third-order valence-corrected chi connectivity index (χ3v) is 4.60. The molecular weight excluding hydrogens is 333 g/mol. The normalized spacial score (nSPS) is 11.4. The Balaban J connectivity index is 1.77. The maximum atomic E-state index is 13.3. The van der Waals surface area contributed by atoms with Crippen LogP contribution in [-0.4, -0.2) is 28.2 Å². The highest BCUT2D eigenvalue weighted by atomic mass is 32.2. The highest BCUT2D eigenvalue weighted by Crippen LogP contribution is 2.16. The zero-order chi connectivity index (χ0) is 17.2. The van der Waals surface area contributed by atoms with E-state index in [1.165, 1.54) is 30.1 Å². The van der Waals surface area contributed by atoms with Gasteiger partial charge >= 0.3 is 0 Å². The van der Waals surface area contributed by atoms with Crippen molar-refractivity contribution in [2.24, 2.45) is 0 Å². The summed E-state index contributed by atoms with van der Waals surface area (Å²) in [4.78, 5) is 7.88. The van der Waals surface area contributed by atoms with Gasteiger partial charge in [0.15, 0.2) is 0 Å². The van der Waals surface area contributed by atoms with Gasteiger partial charge in [-0.25, -0.2) is 22.2 Å². The molecule has 0 radical (unpaired) electrons. The number of rotatable bonds is 5. The summed E-state index contributed by atoms with van der Waals surface area (Å²) in [6, 6.07) is 7.23. The lowest BCUT2D eigenvalue weighted by molar-refractivity contribution is 0.597. The SMILES string of the molecule is Cc1cc(S(=O)(=O)Nc2ncn(Cc3cccnc3)n2)ccc1F. The van der Waals surface area contributed by atoms with E-state index >= 15 is 0 Å². The van der Waals surface area contributed by atoms with Crippen LogP contribution in [0.3, 0.4) is 0 Å². The van der Waals surface area contributed by atoms with Crippen molar-refractivity contribution in [3.63, 3.8) is 0 Å². The monoisotopic (exact) mass is 347 g/mol. The minimum Gasteiger partial charge on any atom is -0.264 e. The fourth-order valence-corrected chi connectivity index (χ4v) is 3.09. The molecule has 0 bridgehead atoms. The fraction of sp³-hybridized carbons (Fsp3) is 0.133. The summed E-state index contributed by atoms with van der Waals surface area (Å²) in [5.74, 6) is -0.520. The summed E-state index contributed by atoms with van der Waals surface area (Å²) < 4.78 is 41.6. The van der Waals surface area contributed by atoms with Crippen LogP contribution >= 0.6 is 0 Å². The minimum absolute atomic E-state index is 0.0509. The molecule has 0 saturated carbocycles. The summed E-state index contributed by atoms with van der Waals surface area (Å²) in [7, 11) is -3.88. The summed E-state index contributed by atoms with van der Waals surface area (Å²) in [6.45, 7) is 1.91. The van der Waals surface area contributed by atoms with Gasteiger partial charge in [-0.15, -0.1) is 5.10 Å². The Morgan fingerprint density at radius 2 is 2.12 bits per heavy atom. The number of hydrogen-bond donors (Lipinski definition) is 1. The Hall–Kier alpha value is -2.81. The number of anilines is 1. The van der Waals surface area contributed by atoms with Gasteiger partial charge in [0, 0.05) is 12.4 Å². The van der Waals surface area contributed by atoms with E-state index in [0.29, 0.717) is 6.54 Å². The number of nitrogens with zero attached hydrogens (tertiary/aromatic N) is 4. The lowest BCUT2D eigenvalue weighted by atomic mass is 10.2. The van der Waals surface area contributed by atoms with Gasteiger partial charge in [-0.2, -0.15) is 4.98 Å². The van der Waals surface area contributed by atoms with Crippen LogP contribution in [0.1, 0.15) is 11.1 Å². The van der Waals surface area contributed by atoms with Gasteiger partial charge in [-0.05, 0) is 42.3 Å². The van der Waals surface area contributed by atoms with Crippen LogP contribution in [0, 0.1) is 12.7 Å². The molecule has 0 fully saturated rings. The Morgan fingerprint density at radius 3 is 2.83 bits per heavy atom. The van der Waals surface area contributed by atoms with Crippen LogP contribution in [0.15, 0.2) is 53.9 Å². The van der Waals surface area contributed by atoms with Crippen molar-refractivity contribution >= 4 is 16.0 Å². The molecule has 0 amide bonds. The second-order valence-corrected chi connectivity index (χ2v) is 6.83. The maximum absolute atomic E-state index is 13.3. The third kappa shape index (κ3) is 3.57. The molecule has 0 spiro atoms. The van der Waals surface area contributed by atoms with Gasteiger partial charge in [0.2, 0.25) is 0 Å². The number of halogens is 1. The first kappa shape index (κ1) is 16.1. The van der Waals surface area contributed by atoms with Gasteiger partial charge in [-0.1, -0.05) is 6.07 Å². The molecule has 0 saturated heterocycles. The number of sulfonamides is 1. The quantitative estimate of drug-likeness (QED) is 0.762. The highest BCUT2D eigenvalue weighted by molar-refractivity contribution is 7.92. The molecule has 0 aliphatic heterocycles. The van der Waals surface area contributed by atoms with E-state index in [1.54, 1.807) is 18.5 Å². The predicted molar refractivity (Wildman–Crippen MR) is 85.3 cm³/mol. The van der Waals surface area contributed by atoms with Crippen molar-refractivity contribution in [2.75, 3.05) is 4.72 Å². The summed E-state index contributed by atoms with van der Waals surface area (Å²) in [6.07, 6.45) is 4.77. The van der Waals surface area contributed by atoms with E-state index in [2.05, 4.69) is 19.8 Å². The lowest BCUT2D eigenvalue weighted by Crippen LogP contribution is -2.14. The Kier molecular flexibility index (Phi) is 4.26. The molecule has 3 rings (SSSR count). The lowest BCUT2D eigenvalue weighted by Gasteiger charge is -2.06. The summed E-state index contributed by atoms with van der Waals surface area (Å²) >= 11 is 0. The van der Waals surface area contributed by atoms with E-state index in [-0.39, 0.29) is 16.4 Å². The second kappa shape index (κ2) is 6.36.